The Morgan fingerprint density at radius 3 is 2.62 bits per heavy atom. The molecule has 6 heteroatoms. The summed E-state index contributed by atoms with van der Waals surface area (Å²) in [5.41, 5.74) is 4.05. The average molecular weight is 363 g/mol. The Hall–Kier alpha value is -2.04. The highest BCUT2D eigenvalue weighted by atomic mass is 35.5. The summed E-state index contributed by atoms with van der Waals surface area (Å²) in [6.45, 7) is 0. The molecule has 0 aliphatic heterocycles. The molecule has 3 rings (SSSR count). The van der Waals surface area contributed by atoms with Crippen molar-refractivity contribution in [3.8, 4) is 11.3 Å². The quantitative estimate of drug-likeness (QED) is 0.501. The van der Waals surface area contributed by atoms with E-state index in [0.717, 1.165) is 27.7 Å². The van der Waals surface area contributed by atoms with Crippen molar-refractivity contribution < 1.29 is 9.53 Å². The molecular weight excluding hydrogens is 347 g/mol. The second-order valence-corrected chi connectivity index (χ2v) is 6.32. The van der Waals surface area contributed by atoms with E-state index in [9.17, 15) is 4.79 Å². The van der Waals surface area contributed by atoms with Crippen LogP contribution in [0.5, 0.6) is 0 Å². The lowest BCUT2D eigenvalue weighted by atomic mass is 10.0. The maximum atomic E-state index is 11.6. The summed E-state index contributed by atoms with van der Waals surface area (Å²) >= 11 is 12.1. The number of rotatable bonds is 4. The lowest BCUT2D eigenvalue weighted by Crippen LogP contribution is -2.03. The highest BCUT2D eigenvalue weighted by Crippen LogP contribution is 2.35. The van der Waals surface area contributed by atoms with Crippen LogP contribution in [0.1, 0.15) is 12.0 Å². The van der Waals surface area contributed by atoms with Gasteiger partial charge in [0.05, 0.1) is 24.5 Å². The third-order valence-corrected chi connectivity index (χ3v) is 4.54. The Balaban J connectivity index is 2.20. The summed E-state index contributed by atoms with van der Waals surface area (Å²) in [5, 5.41) is 2.10. The molecule has 0 fully saturated rings. The molecule has 0 saturated carbocycles. The average Bonchev–Trinajstić information content (AvgIpc) is 2.85. The first-order valence-corrected chi connectivity index (χ1v) is 8.22. The van der Waals surface area contributed by atoms with E-state index >= 15 is 0 Å². The predicted octanol–water partition coefficient (Wildman–Crippen LogP) is 4.65. The summed E-state index contributed by atoms with van der Waals surface area (Å²) in [4.78, 5) is 15.8. The molecule has 0 N–H and O–H groups in total. The first kappa shape index (κ1) is 16.8. The standard InChI is InChI=1S/C18H16Cl2N2O2/c1-22-15-10-21-16(20)9-14(15)13(7-8-17(23)24-2)18(22)11-3-5-12(19)6-4-11/h3-6,9-10H,7-8H2,1-2H3. The first-order valence-electron chi connectivity index (χ1n) is 7.47. The number of carbonyl (C=O) groups is 1. The molecule has 1 aromatic carbocycles. The fourth-order valence-corrected chi connectivity index (χ4v) is 3.22. The predicted molar refractivity (Wildman–Crippen MR) is 96.5 cm³/mol. The van der Waals surface area contributed by atoms with Crippen LogP contribution >= 0.6 is 23.2 Å². The highest BCUT2D eigenvalue weighted by molar-refractivity contribution is 6.30. The van der Waals surface area contributed by atoms with Gasteiger partial charge in [0.15, 0.2) is 0 Å². The largest absolute Gasteiger partial charge is 0.469 e. The summed E-state index contributed by atoms with van der Waals surface area (Å²) in [5.74, 6) is -0.241. The van der Waals surface area contributed by atoms with Crippen LogP contribution in [0.15, 0.2) is 36.5 Å². The van der Waals surface area contributed by atoms with Gasteiger partial charge < -0.3 is 9.30 Å². The zero-order chi connectivity index (χ0) is 17.3. The molecule has 2 aromatic heterocycles. The molecule has 0 saturated heterocycles. The van der Waals surface area contributed by atoms with Crippen LogP contribution in [0, 0.1) is 0 Å². The van der Waals surface area contributed by atoms with Crippen molar-refractivity contribution in [3.63, 3.8) is 0 Å². The van der Waals surface area contributed by atoms with E-state index in [1.54, 1.807) is 6.20 Å². The van der Waals surface area contributed by atoms with E-state index in [4.69, 9.17) is 27.9 Å². The van der Waals surface area contributed by atoms with Gasteiger partial charge in [-0.1, -0.05) is 35.3 Å². The minimum Gasteiger partial charge on any atom is -0.469 e. The normalized spacial score (nSPS) is 11.0. The summed E-state index contributed by atoms with van der Waals surface area (Å²) in [6, 6.07) is 9.47. The molecule has 4 nitrogen and oxygen atoms in total. The fraction of sp³-hybridized carbons (Fsp3) is 0.222. The molecule has 2 heterocycles. The third-order valence-electron chi connectivity index (χ3n) is 4.08. The van der Waals surface area contributed by atoms with Gasteiger partial charge in [0.2, 0.25) is 0 Å². The number of hydrogen-bond acceptors (Lipinski definition) is 3. The molecule has 3 aromatic rings. The van der Waals surface area contributed by atoms with Crippen LogP contribution in [-0.2, 0) is 23.0 Å². The second kappa shape index (κ2) is 6.83. The maximum absolute atomic E-state index is 11.6. The third kappa shape index (κ3) is 3.12. The number of carbonyl (C=O) groups excluding carboxylic acids is 1. The van der Waals surface area contributed by atoms with Crippen molar-refractivity contribution in [2.75, 3.05) is 7.11 Å². The van der Waals surface area contributed by atoms with E-state index in [1.807, 2.05) is 37.4 Å². The van der Waals surface area contributed by atoms with Gasteiger partial charge in [-0.05, 0) is 35.7 Å². The number of aryl methyl sites for hydroxylation is 2. The minimum absolute atomic E-state index is 0.241. The van der Waals surface area contributed by atoms with Gasteiger partial charge in [-0.15, -0.1) is 0 Å². The Labute approximate surface area is 150 Å². The molecule has 0 aliphatic carbocycles. The molecule has 0 amide bonds. The van der Waals surface area contributed by atoms with Crippen molar-refractivity contribution in [2.45, 2.75) is 12.8 Å². The number of fused-ring (bicyclic) bond motifs is 1. The summed E-state index contributed by atoms with van der Waals surface area (Å²) in [7, 11) is 3.37. The van der Waals surface area contributed by atoms with Gasteiger partial charge in [-0.25, -0.2) is 4.98 Å². The lowest BCUT2D eigenvalue weighted by Gasteiger charge is -2.08. The van der Waals surface area contributed by atoms with Crippen LogP contribution < -0.4 is 0 Å². The van der Waals surface area contributed by atoms with E-state index in [0.29, 0.717) is 23.0 Å². The number of nitrogens with zero attached hydrogens (tertiary/aromatic N) is 2. The number of pyridine rings is 1. The van der Waals surface area contributed by atoms with Crippen LogP contribution in [-0.4, -0.2) is 22.6 Å². The van der Waals surface area contributed by atoms with Crippen molar-refractivity contribution >= 4 is 40.1 Å². The van der Waals surface area contributed by atoms with Crippen LogP contribution in [0.2, 0.25) is 10.2 Å². The van der Waals surface area contributed by atoms with Gasteiger partial charge >= 0.3 is 5.97 Å². The molecule has 124 valence electrons. The lowest BCUT2D eigenvalue weighted by molar-refractivity contribution is -0.140. The van der Waals surface area contributed by atoms with E-state index in [-0.39, 0.29) is 5.97 Å². The zero-order valence-corrected chi connectivity index (χ0v) is 14.9. The number of hydrogen-bond donors (Lipinski definition) is 0. The SMILES string of the molecule is COC(=O)CCc1c(-c2ccc(Cl)cc2)n(C)c2cnc(Cl)cc12. The fourth-order valence-electron chi connectivity index (χ4n) is 2.94. The number of methoxy groups -OCH3 is 1. The van der Waals surface area contributed by atoms with Crippen molar-refractivity contribution in [1.29, 1.82) is 0 Å². The molecule has 0 atom stereocenters. The van der Waals surface area contributed by atoms with Gasteiger partial charge in [-0.2, -0.15) is 0 Å². The number of ether oxygens (including phenoxy) is 1. The van der Waals surface area contributed by atoms with Crippen molar-refractivity contribution in [2.24, 2.45) is 7.05 Å². The molecule has 24 heavy (non-hydrogen) atoms. The van der Waals surface area contributed by atoms with E-state index < -0.39 is 0 Å². The van der Waals surface area contributed by atoms with Crippen LogP contribution in [0.25, 0.3) is 22.2 Å². The van der Waals surface area contributed by atoms with Crippen LogP contribution in [0.4, 0.5) is 0 Å². The van der Waals surface area contributed by atoms with Gasteiger partial charge in [-0.3, -0.25) is 4.79 Å². The molecule has 0 bridgehead atoms. The minimum atomic E-state index is -0.241. The summed E-state index contributed by atoms with van der Waals surface area (Å²) < 4.78 is 6.84. The van der Waals surface area contributed by atoms with Gasteiger partial charge in [0.1, 0.15) is 5.15 Å². The highest BCUT2D eigenvalue weighted by Gasteiger charge is 2.18. The van der Waals surface area contributed by atoms with E-state index in [1.165, 1.54) is 7.11 Å². The van der Waals surface area contributed by atoms with E-state index in [2.05, 4.69) is 9.55 Å². The van der Waals surface area contributed by atoms with Gasteiger partial charge in [0, 0.05) is 23.9 Å². The number of halogens is 2. The zero-order valence-electron chi connectivity index (χ0n) is 13.3. The van der Waals surface area contributed by atoms with Crippen molar-refractivity contribution in [1.82, 2.24) is 9.55 Å². The second-order valence-electron chi connectivity index (χ2n) is 5.49. The Kier molecular flexibility index (Phi) is 4.78. The molecule has 0 spiro atoms. The molecular formula is C18H16Cl2N2O2. The van der Waals surface area contributed by atoms with Gasteiger partial charge in [0.25, 0.3) is 0 Å². The first-order chi connectivity index (χ1) is 11.5. The number of esters is 1. The molecule has 0 radical (unpaired) electrons. The maximum Gasteiger partial charge on any atom is 0.305 e. The Bertz CT molecular complexity index is 902. The van der Waals surface area contributed by atoms with Crippen molar-refractivity contribution in [3.05, 3.63) is 52.3 Å². The topological polar surface area (TPSA) is 44.1 Å². The monoisotopic (exact) mass is 362 g/mol. The Morgan fingerprint density at radius 2 is 1.96 bits per heavy atom. The molecule has 0 unspecified atom stereocenters. The number of aromatic nitrogens is 2. The summed E-state index contributed by atoms with van der Waals surface area (Å²) in [6.07, 6.45) is 2.61. The van der Waals surface area contributed by atoms with Crippen LogP contribution in [0.3, 0.4) is 0 Å². The molecule has 0 aliphatic rings. The smallest absolute Gasteiger partial charge is 0.305 e. The Morgan fingerprint density at radius 1 is 1.25 bits per heavy atom. The number of benzene rings is 1.